The van der Waals surface area contributed by atoms with E-state index in [1.54, 1.807) is 25.4 Å². The second-order valence-corrected chi connectivity index (χ2v) is 13.6. The van der Waals surface area contributed by atoms with Crippen molar-refractivity contribution in [3.05, 3.63) is 76.4 Å². The van der Waals surface area contributed by atoms with Crippen LogP contribution in [0.2, 0.25) is 0 Å². The van der Waals surface area contributed by atoms with Crippen molar-refractivity contribution < 1.29 is 33.0 Å². The van der Waals surface area contributed by atoms with E-state index in [0.717, 1.165) is 36.7 Å². The molecule has 0 radical (unpaired) electrons. The summed E-state index contributed by atoms with van der Waals surface area (Å²) in [4.78, 5) is 28.5. The number of alkyl halides is 3. The number of aliphatic hydroxyl groups excluding tert-OH is 1. The quantitative estimate of drug-likeness (QED) is 0.374. The van der Waals surface area contributed by atoms with Crippen molar-refractivity contribution in [2.24, 2.45) is 12.5 Å². The van der Waals surface area contributed by atoms with Gasteiger partial charge in [-0.2, -0.15) is 13.2 Å². The molecule has 2 heterocycles. The van der Waals surface area contributed by atoms with Gasteiger partial charge in [-0.1, -0.05) is 12.1 Å². The minimum atomic E-state index is -4.73. The number of aromatic nitrogens is 3. The van der Waals surface area contributed by atoms with E-state index >= 15 is 0 Å². The van der Waals surface area contributed by atoms with Crippen LogP contribution in [0.5, 0.6) is 0 Å². The summed E-state index contributed by atoms with van der Waals surface area (Å²) in [5.74, 6) is 0.214. The second kappa shape index (κ2) is 9.53. The fourth-order valence-corrected chi connectivity index (χ4v) is 8.29. The molecular weight excluding hydrogens is 575 g/mol. The zero-order chi connectivity index (χ0) is 31.2. The third-order valence-corrected chi connectivity index (χ3v) is 10.6. The predicted octanol–water partition coefficient (Wildman–Crippen LogP) is 5.64. The Morgan fingerprint density at radius 1 is 1.16 bits per heavy atom. The Bertz CT molecular complexity index is 1670. The van der Waals surface area contributed by atoms with E-state index in [0.29, 0.717) is 31.4 Å². The van der Waals surface area contributed by atoms with E-state index in [1.165, 1.54) is 15.9 Å². The highest BCUT2D eigenvalue weighted by Crippen LogP contribution is 2.67. The highest BCUT2D eigenvalue weighted by molar-refractivity contribution is 6.10. The highest BCUT2D eigenvalue weighted by Gasteiger charge is 2.62. The van der Waals surface area contributed by atoms with E-state index in [2.05, 4.69) is 10.2 Å². The van der Waals surface area contributed by atoms with Crippen LogP contribution in [0.25, 0.3) is 0 Å². The first-order valence-corrected chi connectivity index (χ1v) is 14.9. The predicted molar refractivity (Wildman–Crippen MR) is 153 cm³/mol. The molecule has 2 amide bonds. The molecule has 1 aromatic heterocycles. The van der Waals surface area contributed by atoms with E-state index in [4.69, 9.17) is 0 Å². The number of aliphatic hydroxyl groups is 1. The van der Waals surface area contributed by atoms with Crippen molar-refractivity contribution >= 4 is 17.7 Å². The van der Waals surface area contributed by atoms with Crippen LogP contribution in [0.3, 0.4) is 0 Å². The standard InChI is InChI=1S/C32H34F3N5O4/c1-29(7-4-8-29)40(28(43)44)14-19-9-23-24(25(10-19)32(33,34)35)15-39(26(23)42)21-6-3-5-20(11-21)31(27-37-36-18-38(27)2)16-30(17-31)12-22(41)13-30/h3,5-6,9-11,18,22,41H,4,7-8,12-17H2,1-2H3,(H,43,44). The van der Waals surface area contributed by atoms with Crippen LogP contribution in [0.4, 0.5) is 23.7 Å². The highest BCUT2D eigenvalue weighted by atomic mass is 19.4. The number of halogens is 3. The van der Waals surface area contributed by atoms with Crippen molar-refractivity contribution in [1.29, 1.82) is 0 Å². The van der Waals surface area contributed by atoms with Gasteiger partial charge < -0.3 is 19.7 Å². The second-order valence-electron chi connectivity index (χ2n) is 13.6. The number of nitrogens with zero attached hydrogens (tertiary/aromatic N) is 5. The Kier molecular flexibility index (Phi) is 6.24. The fourth-order valence-electron chi connectivity index (χ4n) is 8.29. The minimum absolute atomic E-state index is 0.0134. The van der Waals surface area contributed by atoms with Crippen molar-refractivity contribution in [2.45, 2.75) is 88.2 Å². The van der Waals surface area contributed by atoms with Gasteiger partial charge in [-0.25, -0.2) is 4.79 Å². The SMILES string of the molecule is Cn1cnnc1C1(c2cccc(N3Cc4c(cc(CN(C(=O)O)C5(C)CCC5)cc4C(F)(F)F)C3=O)c2)CC2(CC(O)C2)C1. The van der Waals surface area contributed by atoms with Crippen LogP contribution in [0.1, 0.15) is 90.3 Å². The Labute approximate surface area is 252 Å². The average Bonchev–Trinajstić information content (AvgIpc) is 3.49. The fraction of sp³-hybridized carbons (Fsp3) is 0.500. The lowest BCUT2D eigenvalue weighted by Gasteiger charge is -2.62. The number of amides is 2. The van der Waals surface area contributed by atoms with Crippen LogP contribution < -0.4 is 4.90 Å². The van der Waals surface area contributed by atoms with Crippen molar-refractivity contribution in [2.75, 3.05) is 4.90 Å². The minimum Gasteiger partial charge on any atom is -0.465 e. The Balaban J connectivity index is 1.23. The summed E-state index contributed by atoms with van der Waals surface area (Å²) < 4.78 is 45.1. The van der Waals surface area contributed by atoms with Gasteiger partial charge in [-0.05, 0) is 98.2 Å². The molecule has 7 rings (SSSR count). The first-order chi connectivity index (χ1) is 20.7. The molecule has 0 saturated heterocycles. The lowest BCUT2D eigenvalue weighted by molar-refractivity contribution is -0.138. The van der Waals surface area contributed by atoms with Gasteiger partial charge in [-0.3, -0.25) is 9.69 Å². The van der Waals surface area contributed by atoms with Gasteiger partial charge in [-0.15, -0.1) is 10.2 Å². The first-order valence-electron chi connectivity index (χ1n) is 14.9. The zero-order valence-electron chi connectivity index (χ0n) is 24.6. The molecule has 12 heteroatoms. The topological polar surface area (TPSA) is 112 Å². The van der Waals surface area contributed by atoms with Gasteiger partial charge in [0, 0.05) is 30.4 Å². The van der Waals surface area contributed by atoms with Gasteiger partial charge in [0.15, 0.2) is 0 Å². The maximum atomic E-state index is 14.4. The van der Waals surface area contributed by atoms with Gasteiger partial charge in [0.2, 0.25) is 0 Å². The molecule has 1 spiro atoms. The van der Waals surface area contributed by atoms with Crippen molar-refractivity contribution in [3.63, 3.8) is 0 Å². The van der Waals surface area contributed by atoms with Gasteiger partial charge >= 0.3 is 12.3 Å². The molecule has 0 unspecified atom stereocenters. The first kappa shape index (κ1) is 28.8. The number of anilines is 1. The average molecular weight is 610 g/mol. The number of rotatable bonds is 6. The maximum Gasteiger partial charge on any atom is 0.416 e. The molecule has 232 valence electrons. The smallest absolute Gasteiger partial charge is 0.416 e. The molecule has 2 N–H and O–H groups in total. The van der Waals surface area contributed by atoms with Crippen LogP contribution in [0, 0.1) is 5.41 Å². The normalized spacial score (nSPS) is 27.0. The monoisotopic (exact) mass is 609 g/mol. The Hall–Kier alpha value is -3.93. The van der Waals surface area contributed by atoms with Crippen LogP contribution in [-0.2, 0) is 31.7 Å². The molecule has 3 aliphatic carbocycles. The summed E-state index contributed by atoms with van der Waals surface area (Å²) in [5, 5.41) is 28.4. The molecule has 3 fully saturated rings. The number of hydrogen-bond donors (Lipinski definition) is 2. The van der Waals surface area contributed by atoms with Crippen LogP contribution in [-0.4, -0.2) is 53.5 Å². The third-order valence-electron chi connectivity index (χ3n) is 10.6. The summed E-state index contributed by atoms with van der Waals surface area (Å²) in [5.41, 5.74) is -0.705. The van der Waals surface area contributed by atoms with Crippen LogP contribution >= 0.6 is 0 Å². The maximum absolute atomic E-state index is 14.4. The summed E-state index contributed by atoms with van der Waals surface area (Å²) in [7, 11) is 1.87. The molecule has 3 saturated carbocycles. The van der Waals surface area contributed by atoms with E-state index in [9.17, 15) is 33.0 Å². The van der Waals surface area contributed by atoms with E-state index < -0.39 is 34.7 Å². The lowest BCUT2D eigenvalue weighted by atomic mass is 9.42. The number of carbonyl (C=O) groups is 2. The third kappa shape index (κ3) is 4.32. The number of carboxylic acid groups (broad SMARTS) is 1. The van der Waals surface area contributed by atoms with Crippen molar-refractivity contribution in [1.82, 2.24) is 19.7 Å². The summed E-state index contributed by atoms with van der Waals surface area (Å²) in [6.45, 7) is 1.31. The molecule has 3 aromatic rings. The molecule has 2 aromatic carbocycles. The number of hydrogen-bond acceptors (Lipinski definition) is 5. The van der Waals surface area contributed by atoms with Crippen molar-refractivity contribution in [3.8, 4) is 0 Å². The molecule has 0 bridgehead atoms. The van der Waals surface area contributed by atoms with Gasteiger partial charge in [0.05, 0.1) is 23.6 Å². The summed E-state index contributed by atoms with van der Waals surface area (Å²) in [6.07, 6.45) is 0.456. The largest absolute Gasteiger partial charge is 0.465 e. The van der Waals surface area contributed by atoms with Gasteiger partial charge in [0.25, 0.3) is 5.91 Å². The molecule has 9 nitrogen and oxygen atoms in total. The number of fused-ring (bicyclic) bond motifs is 1. The molecule has 1 aliphatic heterocycles. The lowest BCUT2D eigenvalue weighted by Crippen LogP contribution is -2.58. The molecular formula is C32H34F3N5O4. The van der Waals surface area contributed by atoms with E-state index in [-0.39, 0.29) is 41.3 Å². The van der Waals surface area contributed by atoms with Gasteiger partial charge in [0.1, 0.15) is 12.2 Å². The van der Waals surface area contributed by atoms with E-state index in [1.807, 2.05) is 23.7 Å². The number of aryl methyl sites for hydroxylation is 1. The number of benzene rings is 2. The number of carbonyl (C=O) groups excluding carboxylic acids is 1. The Morgan fingerprint density at radius 2 is 1.89 bits per heavy atom. The molecule has 0 atom stereocenters. The zero-order valence-corrected chi connectivity index (χ0v) is 24.6. The molecule has 44 heavy (non-hydrogen) atoms. The summed E-state index contributed by atoms with van der Waals surface area (Å²) >= 11 is 0. The summed E-state index contributed by atoms with van der Waals surface area (Å²) in [6, 6.07) is 9.75. The van der Waals surface area contributed by atoms with Crippen LogP contribution in [0.15, 0.2) is 42.7 Å². The molecule has 4 aliphatic rings. The Morgan fingerprint density at radius 3 is 2.45 bits per heavy atom.